The highest BCUT2D eigenvalue weighted by atomic mass is 32.2. The zero-order valence-corrected chi connectivity index (χ0v) is 17.5. The molecule has 0 heterocycles. The molecule has 7 nitrogen and oxygen atoms in total. The standard InChI is InChI=1S/2C7H8O3S.C4H11N/c2*1-6-2-4-7(5-3-6)11(8,9)10;1-4(2)3-5/h2*2-5H,1H3,(H,8,9,10);4H,3,5H2,1-2H3. The third-order valence-electron chi connectivity index (χ3n) is 3.11. The first-order valence-electron chi connectivity index (χ1n) is 8.05. The Labute approximate surface area is 161 Å². The number of benzene rings is 2. The van der Waals surface area contributed by atoms with Crippen LogP contribution in [0.4, 0.5) is 0 Å². The molecule has 0 radical (unpaired) electrons. The van der Waals surface area contributed by atoms with Crippen molar-refractivity contribution in [1.82, 2.24) is 0 Å². The molecular weight excluding hydrogens is 390 g/mol. The maximum Gasteiger partial charge on any atom is 0.294 e. The fourth-order valence-corrected chi connectivity index (χ4v) is 2.38. The number of rotatable bonds is 3. The molecule has 0 amide bonds. The Hall–Kier alpha value is -1.78. The largest absolute Gasteiger partial charge is 0.330 e. The van der Waals surface area contributed by atoms with Crippen LogP contribution in [0.1, 0.15) is 25.0 Å². The van der Waals surface area contributed by atoms with E-state index in [-0.39, 0.29) is 9.79 Å². The van der Waals surface area contributed by atoms with Crippen LogP contribution >= 0.6 is 0 Å². The number of hydrogen-bond donors (Lipinski definition) is 3. The Morgan fingerprint density at radius 1 is 0.741 bits per heavy atom. The maximum atomic E-state index is 10.5. The highest BCUT2D eigenvalue weighted by Gasteiger charge is 2.07. The van der Waals surface area contributed by atoms with Crippen molar-refractivity contribution < 1.29 is 25.9 Å². The van der Waals surface area contributed by atoms with E-state index in [1.165, 1.54) is 24.3 Å². The van der Waals surface area contributed by atoms with Crippen LogP contribution in [0.5, 0.6) is 0 Å². The first-order valence-corrected chi connectivity index (χ1v) is 10.9. The molecule has 0 aliphatic carbocycles. The molecular formula is C18H27NO6S2. The molecule has 9 heteroatoms. The lowest BCUT2D eigenvalue weighted by Crippen LogP contribution is -2.05. The summed E-state index contributed by atoms with van der Waals surface area (Å²) in [6, 6.07) is 12.0. The minimum atomic E-state index is -4.02. The predicted molar refractivity (Wildman–Crippen MR) is 106 cm³/mol. The molecule has 0 fully saturated rings. The van der Waals surface area contributed by atoms with E-state index < -0.39 is 20.2 Å². The van der Waals surface area contributed by atoms with E-state index in [2.05, 4.69) is 13.8 Å². The van der Waals surface area contributed by atoms with E-state index in [1.54, 1.807) is 24.3 Å². The molecule has 0 aromatic heterocycles. The second-order valence-corrected chi connectivity index (χ2v) is 9.05. The minimum Gasteiger partial charge on any atom is -0.330 e. The van der Waals surface area contributed by atoms with Gasteiger partial charge < -0.3 is 5.73 Å². The van der Waals surface area contributed by atoms with Crippen LogP contribution in [0.3, 0.4) is 0 Å². The van der Waals surface area contributed by atoms with Crippen molar-refractivity contribution in [2.24, 2.45) is 11.7 Å². The number of aryl methyl sites for hydroxylation is 2. The molecule has 0 atom stereocenters. The van der Waals surface area contributed by atoms with Crippen LogP contribution in [-0.4, -0.2) is 32.5 Å². The third-order valence-corrected chi connectivity index (χ3v) is 4.84. The second kappa shape index (κ2) is 11.2. The predicted octanol–water partition coefficient (Wildman–Crippen LogP) is 3.08. The fourth-order valence-electron chi connectivity index (χ4n) is 1.42. The van der Waals surface area contributed by atoms with Crippen molar-refractivity contribution in [3.63, 3.8) is 0 Å². The molecule has 4 N–H and O–H groups in total. The van der Waals surface area contributed by atoms with Gasteiger partial charge in [0.15, 0.2) is 0 Å². The van der Waals surface area contributed by atoms with Crippen LogP contribution in [0, 0.1) is 19.8 Å². The van der Waals surface area contributed by atoms with Crippen LogP contribution in [0.25, 0.3) is 0 Å². The van der Waals surface area contributed by atoms with E-state index in [0.29, 0.717) is 5.92 Å². The smallest absolute Gasteiger partial charge is 0.294 e. The summed E-state index contributed by atoms with van der Waals surface area (Å²) in [5.74, 6) is 0.662. The fraction of sp³-hybridized carbons (Fsp3) is 0.333. The van der Waals surface area contributed by atoms with Crippen molar-refractivity contribution in [2.45, 2.75) is 37.5 Å². The molecule has 0 saturated carbocycles. The molecule has 2 rings (SSSR count). The molecule has 0 aliphatic heterocycles. The van der Waals surface area contributed by atoms with Gasteiger partial charge in [-0.25, -0.2) is 0 Å². The molecule has 0 saturated heterocycles. The molecule has 0 spiro atoms. The van der Waals surface area contributed by atoms with Gasteiger partial charge in [0.25, 0.3) is 20.2 Å². The van der Waals surface area contributed by atoms with Gasteiger partial charge in [-0.1, -0.05) is 49.2 Å². The Morgan fingerprint density at radius 2 is 0.963 bits per heavy atom. The zero-order chi connectivity index (χ0) is 21.3. The molecule has 0 bridgehead atoms. The van der Waals surface area contributed by atoms with Crippen LogP contribution < -0.4 is 5.73 Å². The Bertz CT molecular complexity index is 814. The van der Waals surface area contributed by atoms with E-state index in [4.69, 9.17) is 14.8 Å². The van der Waals surface area contributed by atoms with Crippen molar-refractivity contribution in [3.05, 3.63) is 59.7 Å². The topological polar surface area (TPSA) is 135 Å². The van der Waals surface area contributed by atoms with Crippen molar-refractivity contribution in [1.29, 1.82) is 0 Å². The minimum absolute atomic E-state index is 0.0666. The van der Waals surface area contributed by atoms with Crippen LogP contribution in [0.2, 0.25) is 0 Å². The van der Waals surface area contributed by atoms with Gasteiger partial charge in [0, 0.05) is 0 Å². The summed E-state index contributed by atoms with van der Waals surface area (Å²) in [7, 11) is -8.04. The number of nitrogens with two attached hydrogens (primary N) is 1. The average molecular weight is 418 g/mol. The molecule has 0 aliphatic rings. The summed E-state index contributed by atoms with van der Waals surface area (Å²) < 4.78 is 59.1. The summed E-state index contributed by atoms with van der Waals surface area (Å²) in [4.78, 5) is -0.133. The first kappa shape index (κ1) is 25.2. The summed E-state index contributed by atoms with van der Waals surface area (Å²) in [5.41, 5.74) is 7.08. The number of hydrogen-bond acceptors (Lipinski definition) is 5. The lowest BCUT2D eigenvalue weighted by atomic mass is 10.2. The normalized spacial score (nSPS) is 11.1. The second-order valence-electron chi connectivity index (χ2n) is 6.21. The summed E-state index contributed by atoms with van der Waals surface area (Å²) in [5, 5.41) is 0. The van der Waals surface area contributed by atoms with E-state index in [9.17, 15) is 16.8 Å². The van der Waals surface area contributed by atoms with Crippen LogP contribution in [-0.2, 0) is 20.2 Å². The Balaban J connectivity index is 0.000000405. The van der Waals surface area contributed by atoms with Crippen LogP contribution in [0.15, 0.2) is 58.3 Å². The SMILES string of the molecule is CC(C)CN.Cc1ccc(S(=O)(=O)O)cc1.Cc1ccc(S(=O)(=O)O)cc1. The van der Waals surface area contributed by atoms with Crippen molar-refractivity contribution in [3.8, 4) is 0 Å². The molecule has 2 aromatic rings. The van der Waals surface area contributed by atoms with Gasteiger partial charge in [-0.3, -0.25) is 9.11 Å². The van der Waals surface area contributed by atoms with E-state index >= 15 is 0 Å². The van der Waals surface area contributed by atoms with E-state index in [1.807, 2.05) is 13.8 Å². The summed E-state index contributed by atoms with van der Waals surface area (Å²) in [6.07, 6.45) is 0. The maximum absolute atomic E-state index is 10.5. The first-order chi connectivity index (χ1) is 12.3. The van der Waals surface area contributed by atoms with Crippen molar-refractivity contribution >= 4 is 20.2 Å². The summed E-state index contributed by atoms with van der Waals surface area (Å²) >= 11 is 0. The van der Waals surface area contributed by atoms with Gasteiger partial charge in [-0.15, -0.1) is 0 Å². The van der Waals surface area contributed by atoms with Gasteiger partial charge in [-0.2, -0.15) is 16.8 Å². The lowest BCUT2D eigenvalue weighted by molar-refractivity contribution is 0.481. The van der Waals surface area contributed by atoms with Gasteiger partial charge in [0.05, 0.1) is 9.79 Å². The molecule has 0 unspecified atom stereocenters. The highest BCUT2D eigenvalue weighted by Crippen LogP contribution is 2.09. The monoisotopic (exact) mass is 417 g/mol. The quantitative estimate of drug-likeness (QED) is 0.653. The average Bonchev–Trinajstić information content (AvgIpc) is 2.55. The Morgan fingerprint density at radius 3 is 1.11 bits per heavy atom. The van der Waals surface area contributed by atoms with Gasteiger partial charge in [0.2, 0.25) is 0 Å². The van der Waals surface area contributed by atoms with Crippen molar-refractivity contribution in [2.75, 3.05) is 6.54 Å². The summed E-state index contributed by atoms with van der Waals surface area (Å²) in [6.45, 7) is 8.68. The molecule has 2 aromatic carbocycles. The highest BCUT2D eigenvalue weighted by molar-refractivity contribution is 7.86. The lowest BCUT2D eigenvalue weighted by Gasteiger charge is -1.95. The third kappa shape index (κ3) is 11.5. The van der Waals surface area contributed by atoms with E-state index in [0.717, 1.165) is 17.7 Å². The molecule has 27 heavy (non-hydrogen) atoms. The van der Waals surface area contributed by atoms with Gasteiger partial charge in [0.1, 0.15) is 0 Å². The van der Waals surface area contributed by atoms with Gasteiger partial charge >= 0.3 is 0 Å². The van der Waals surface area contributed by atoms with Gasteiger partial charge in [-0.05, 0) is 50.6 Å². The Kier molecular flexibility index (Phi) is 10.4. The molecule has 152 valence electrons. The zero-order valence-electron chi connectivity index (χ0n) is 15.8.